The van der Waals surface area contributed by atoms with Crippen LogP contribution in [0.15, 0.2) is 27.9 Å². The van der Waals surface area contributed by atoms with Gasteiger partial charge in [0.1, 0.15) is 10.5 Å². The first-order chi connectivity index (χ1) is 13.8. The predicted molar refractivity (Wildman–Crippen MR) is 110 cm³/mol. The van der Waals surface area contributed by atoms with Crippen LogP contribution in [0.25, 0.3) is 21.3 Å². The van der Waals surface area contributed by atoms with Crippen LogP contribution in [0.2, 0.25) is 0 Å². The maximum Gasteiger partial charge on any atom is 1.00 e. The summed E-state index contributed by atoms with van der Waals surface area (Å²) in [4.78, 5) is 45.8. The third-order valence-corrected chi connectivity index (χ3v) is 6.34. The van der Waals surface area contributed by atoms with Crippen LogP contribution in [0.5, 0.6) is 0 Å². The summed E-state index contributed by atoms with van der Waals surface area (Å²) in [6.45, 7) is 4.21. The molecule has 150 valence electrons. The Labute approximate surface area is 197 Å². The van der Waals surface area contributed by atoms with Gasteiger partial charge < -0.3 is 14.9 Å². The molecule has 4 aromatic rings. The van der Waals surface area contributed by atoms with Crippen LogP contribution in [-0.2, 0) is 20.0 Å². The monoisotopic (exact) mass is 434 g/mol. The molecule has 4 aromatic heterocycles. The number of aromatic nitrogens is 4. The zero-order chi connectivity index (χ0) is 20.9. The summed E-state index contributed by atoms with van der Waals surface area (Å²) in [7, 11) is 1.36. The molecule has 4 rings (SSSR count). The van der Waals surface area contributed by atoms with Gasteiger partial charge >= 0.3 is 35.2 Å². The molecule has 4 heterocycles. The number of pyridine rings is 1. The van der Waals surface area contributed by atoms with Crippen LogP contribution in [0.1, 0.15) is 39.8 Å². The minimum Gasteiger partial charge on any atom is -0.545 e. The maximum absolute atomic E-state index is 12.8. The van der Waals surface area contributed by atoms with Crippen molar-refractivity contribution in [2.45, 2.75) is 33.2 Å². The molecule has 8 nitrogen and oxygen atoms in total. The molecule has 30 heavy (non-hydrogen) atoms. The number of rotatable bonds is 5. The van der Waals surface area contributed by atoms with Gasteiger partial charge in [0.25, 0.3) is 5.56 Å². The topological polar surface area (TPSA) is 113 Å². The average Bonchev–Trinajstić information content (AvgIpc) is 3.22. The van der Waals surface area contributed by atoms with E-state index in [2.05, 4.69) is 9.97 Å². The number of carbonyl (C=O) groups excluding carboxylic acids is 1. The molecular formula is C20H19N4NaO4S. The number of H-pyrrole nitrogens is 1. The van der Waals surface area contributed by atoms with Crippen LogP contribution < -0.4 is 45.9 Å². The molecule has 0 aromatic carbocycles. The maximum atomic E-state index is 12.8. The molecule has 0 saturated heterocycles. The van der Waals surface area contributed by atoms with Gasteiger partial charge in [-0.25, -0.2) is 9.78 Å². The number of aryl methyl sites for hydroxylation is 2. The van der Waals surface area contributed by atoms with Crippen molar-refractivity contribution in [3.05, 3.63) is 60.9 Å². The summed E-state index contributed by atoms with van der Waals surface area (Å²) in [6, 6.07) is 3.73. The summed E-state index contributed by atoms with van der Waals surface area (Å²) in [5.41, 5.74) is 1.30. The molecule has 1 N–H and O–H groups in total. The van der Waals surface area contributed by atoms with E-state index in [1.54, 1.807) is 6.20 Å². The van der Waals surface area contributed by atoms with E-state index in [4.69, 9.17) is 0 Å². The van der Waals surface area contributed by atoms with Gasteiger partial charge in [0.2, 0.25) is 0 Å². The molecule has 0 fully saturated rings. The largest absolute Gasteiger partial charge is 1.00 e. The Hall–Kier alpha value is -2.20. The van der Waals surface area contributed by atoms with E-state index >= 15 is 0 Å². The molecule has 0 aliphatic rings. The summed E-state index contributed by atoms with van der Waals surface area (Å²) < 4.78 is 2.43. The summed E-state index contributed by atoms with van der Waals surface area (Å²) >= 11 is 1.17. The molecule has 0 bridgehead atoms. The van der Waals surface area contributed by atoms with Gasteiger partial charge in [-0.2, -0.15) is 0 Å². The van der Waals surface area contributed by atoms with E-state index in [0.29, 0.717) is 29.1 Å². The van der Waals surface area contributed by atoms with Gasteiger partial charge in [0.15, 0.2) is 0 Å². The average molecular weight is 434 g/mol. The van der Waals surface area contributed by atoms with E-state index < -0.39 is 17.2 Å². The minimum absolute atomic E-state index is 0. The Balaban J connectivity index is 0.00000256. The number of thiophene rings is 1. The molecule has 0 amide bonds. The third-order valence-electron chi connectivity index (χ3n) is 5.12. The Kier molecular flexibility index (Phi) is 6.37. The molecule has 0 aliphatic carbocycles. The molecule has 0 radical (unpaired) electrons. The number of aromatic carboxylic acids is 1. The predicted octanol–water partition coefficient (Wildman–Crippen LogP) is -1.69. The molecular weight excluding hydrogens is 415 g/mol. The van der Waals surface area contributed by atoms with Crippen LogP contribution in [0.4, 0.5) is 0 Å². The van der Waals surface area contributed by atoms with Gasteiger partial charge in [0.05, 0.1) is 11.4 Å². The number of nitrogens with zero attached hydrogens (tertiary/aromatic N) is 3. The van der Waals surface area contributed by atoms with Crippen LogP contribution in [-0.4, -0.2) is 25.1 Å². The van der Waals surface area contributed by atoms with Crippen molar-refractivity contribution in [1.29, 1.82) is 0 Å². The van der Waals surface area contributed by atoms with Crippen molar-refractivity contribution < 1.29 is 39.5 Å². The first-order valence-corrected chi connectivity index (χ1v) is 10.1. The Morgan fingerprint density at radius 1 is 1.33 bits per heavy atom. The second-order valence-electron chi connectivity index (χ2n) is 6.97. The summed E-state index contributed by atoms with van der Waals surface area (Å²) in [5.74, 6) is -1.42. The zero-order valence-electron chi connectivity index (χ0n) is 17.2. The van der Waals surface area contributed by atoms with E-state index in [-0.39, 0.29) is 40.5 Å². The van der Waals surface area contributed by atoms with Crippen molar-refractivity contribution in [2.24, 2.45) is 7.05 Å². The van der Waals surface area contributed by atoms with Crippen LogP contribution >= 0.6 is 11.3 Å². The zero-order valence-corrected chi connectivity index (χ0v) is 20.1. The minimum atomic E-state index is -1.42. The number of carboxylic acid groups (broad SMARTS) is 1. The van der Waals surface area contributed by atoms with Crippen LogP contribution in [0, 0.1) is 6.92 Å². The number of fused-ring (bicyclic) bond motifs is 2. The van der Waals surface area contributed by atoms with Crippen molar-refractivity contribution in [3.8, 4) is 0 Å². The smallest absolute Gasteiger partial charge is 0.545 e. The number of aromatic amines is 1. The van der Waals surface area contributed by atoms with Crippen molar-refractivity contribution in [3.63, 3.8) is 0 Å². The molecule has 0 atom stereocenters. The number of carboxylic acids is 1. The second-order valence-corrected chi connectivity index (χ2v) is 8.05. The fraction of sp³-hybridized carbons (Fsp3) is 0.300. The van der Waals surface area contributed by atoms with Gasteiger partial charge in [-0.1, -0.05) is 6.92 Å². The van der Waals surface area contributed by atoms with Crippen molar-refractivity contribution in [1.82, 2.24) is 19.1 Å². The summed E-state index contributed by atoms with van der Waals surface area (Å²) in [5, 5.41) is 13.0. The second kappa shape index (κ2) is 8.50. The Morgan fingerprint density at radius 3 is 2.73 bits per heavy atom. The number of nitrogens with one attached hydrogen (secondary N) is 1. The van der Waals surface area contributed by atoms with E-state index in [9.17, 15) is 19.5 Å². The molecule has 0 spiro atoms. The first kappa shape index (κ1) is 22.5. The number of hydrogen-bond acceptors (Lipinski definition) is 6. The van der Waals surface area contributed by atoms with Crippen molar-refractivity contribution >= 4 is 38.6 Å². The number of hydrogen-bond donors (Lipinski definition) is 1. The third kappa shape index (κ3) is 3.45. The summed E-state index contributed by atoms with van der Waals surface area (Å²) in [6.07, 6.45) is 2.65. The van der Waals surface area contributed by atoms with Crippen LogP contribution in [0.3, 0.4) is 0 Å². The first-order valence-electron chi connectivity index (χ1n) is 9.23. The standard InChI is InChI=1S/C20H20N4O4S.Na/c1-4-8-24-18-15(17(25)23(3)20(24)28)14(19(26)27)13(29-18)9-12-10(2)22-16-11(12)6-5-7-21-16;/h5-7H,4,8-9H2,1-3H3,(H,21,22)(H,26,27);/q;+1/p-1. The fourth-order valence-corrected chi connectivity index (χ4v) is 5.04. The quantitative estimate of drug-likeness (QED) is 0.377. The van der Waals surface area contributed by atoms with E-state index in [1.165, 1.54) is 23.0 Å². The van der Waals surface area contributed by atoms with Gasteiger partial charge in [0, 0.05) is 47.7 Å². The van der Waals surface area contributed by atoms with Crippen molar-refractivity contribution in [2.75, 3.05) is 0 Å². The SMILES string of the molecule is CCCn1c(=O)n(C)c(=O)c2c(C(=O)[O-])c(Cc3c(C)[nH]c4ncccc34)sc21.[Na+]. The Bertz CT molecular complexity index is 1400. The van der Waals surface area contributed by atoms with E-state index in [0.717, 1.165) is 26.9 Å². The van der Waals surface area contributed by atoms with Gasteiger partial charge in [-0.15, -0.1) is 11.3 Å². The van der Waals surface area contributed by atoms with Gasteiger partial charge in [-0.05, 0) is 31.0 Å². The molecule has 10 heteroatoms. The fourth-order valence-electron chi connectivity index (χ4n) is 3.73. The molecule has 0 aliphatic heterocycles. The number of carbonyl (C=O) groups is 1. The normalized spacial score (nSPS) is 11.2. The molecule has 0 unspecified atom stereocenters. The Morgan fingerprint density at radius 2 is 2.07 bits per heavy atom. The van der Waals surface area contributed by atoms with Gasteiger partial charge in [-0.3, -0.25) is 13.9 Å². The molecule has 0 saturated carbocycles. The van der Waals surface area contributed by atoms with E-state index in [1.807, 2.05) is 26.0 Å².